The Labute approximate surface area is 180 Å². The number of benzene rings is 3. The molecule has 0 fully saturated rings. The topological polar surface area (TPSA) is 46.3 Å². The van der Waals surface area contributed by atoms with E-state index < -0.39 is 0 Å². The van der Waals surface area contributed by atoms with Crippen LogP contribution in [0.2, 0.25) is 5.02 Å². The fourth-order valence-electron chi connectivity index (χ4n) is 4.18. The summed E-state index contributed by atoms with van der Waals surface area (Å²) in [6.07, 6.45) is 0.970. The van der Waals surface area contributed by atoms with Gasteiger partial charge >= 0.3 is 0 Å². The van der Waals surface area contributed by atoms with E-state index in [0.29, 0.717) is 17.4 Å². The zero-order valence-electron chi connectivity index (χ0n) is 16.7. The van der Waals surface area contributed by atoms with Crippen LogP contribution in [-0.4, -0.2) is 18.6 Å². The number of halogens is 1. The number of hydrogen-bond acceptors (Lipinski definition) is 3. The van der Waals surface area contributed by atoms with Crippen LogP contribution in [0.5, 0.6) is 11.5 Å². The van der Waals surface area contributed by atoms with Crippen molar-refractivity contribution in [2.24, 2.45) is 0 Å². The minimum absolute atomic E-state index is 0.0678. The van der Waals surface area contributed by atoms with Crippen LogP contribution in [0.4, 0.5) is 0 Å². The Morgan fingerprint density at radius 3 is 2.70 bits per heavy atom. The number of hydrogen-bond donors (Lipinski definition) is 2. The van der Waals surface area contributed by atoms with Gasteiger partial charge in [-0.15, -0.1) is 0 Å². The number of ether oxygens (including phenoxy) is 2. The molecule has 0 amide bonds. The molecule has 0 radical (unpaired) electrons. The van der Waals surface area contributed by atoms with Crippen molar-refractivity contribution in [3.05, 3.63) is 94.1 Å². The Balaban J connectivity index is 1.46. The number of rotatable bonds is 5. The van der Waals surface area contributed by atoms with E-state index in [9.17, 15) is 0 Å². The van der Waals surface area contributed by atoms with E-state index in [-0.39, 0.29) is 6.04 Å². The molecule has 1 atom stereocenters. The van der Waals surface area contributed by atoms with Gasteiger partial charge in [-0.2, -0.15) is 0 Å². The van der Waals surface area contributed by atoms with Crippen molar-refractivity contribution in [2.75, 3.05) is 13.7 Å². The maximum atomic E-state index is 6.38. The molecule has 2 heterocycles. The smallest absolute Gasteiger partial charge is 0.137 e. The second-order valence-electron chi connectivity index (χ2n) is 7.53. The van der Waals surface area contributed by atoms with Gasteiger partial charge in [-0.25, -0.2) is 0 Å². The largest absolute Gasteiger partial charge is 0.495 e. The van der Waals surface area contributed by atoms with E-state index in [1.807, 2.05) is 36.4 Å². The van der Waals surface area contributed by atoms with Crippen LogP contribution >= 0.6 is 11.6 Å². The molecule has 1 unspecified atom stereocenters. The SMILES string of the molecule is COc1ccc(C2NCCc3c2[nH]c2ccc(OCc4ccccc4)cc32)cc1Cl. The zero-order chi connectivity index (χ0) is 20.5. The molecule has 0 saturated carbocycles. The van der Waals surface area contributed by atoms with Crippen LogP contribution in [0.25, 0.3) is 10.9 Å². The molecule has 0 saturated heterocycles. The Bertz CT molecular complexity index is 1190. The highest BCUT2D eigenvalue weighted by atomic mass is 35.5. The van der Waals surface area contributed by atoms with Gasteiger partial charge in [0.25, 0.3) is 0 Å². The molecule has 0 spiro atoms. The normalized spacial score (nSPS) is 15.7. The van der Waals surface area contributed by atoms with Crippen molar-refractivity contribution in [3.8, 4) is 11.5 Å². The van der Waals surface area contributed by atoms with Gasteiger partial charge in [-0.3, -0.25) is 0 Å². The summed E-state index contributed by atoms with van der Waals surface area (Å²) in [4.78, 5) is 3.62. The van der Waals surface area contributed by atoms with Crippen molar-refractivity contribution in [1.82, 2.24) is 10.3 Å². The number of aromatic nitrogens is 1. The minimum atomic E-state index is 0.0678. The lowest BCUT2D eigenvalue weighted by Gasteiger charge is -2.25. The maximum absolute atomic E-state index is 6.38. The van der Waals surface area contributed by atoms with Crippen LogP contribution < -0.4 is 14.8 Å². The van der Waals surface area contributed by atoms with E-state index >= 15 is 0 Å². The second kappa shape index (κ2) is 8.05. The van der Waals surface area contributed by atoms with Crippen LogP contribution in [0.1, 0.15) is 28.4 Å². The Hall–Kier alpha value is -2.95. The summed E-state index contributed by atoms with van der Waals surface area (Å²) in [5.41, 5.74) is 5.94. The van der Waals surface area contributed by atoms with Gasteiger partial charge in [-0.05, 0) is 53.4 Å². The summed E-state index contributed by atoms with van der Waals surface area (Å²) in [6, 6.07) is 22.5. The summed E-state index contributed by atoms with van der Waals surface area (Å²) >= 11 is 6.38. The van der Waals surface area contributed by atoms with Gasteiger partial charge in [0.15, 0.2) is 0 Å². The van der Waals surface area contributed by atoms with Crippen molar-refractivity contribution >= 4 is 22.5 Å². The van der Waals surface area contributed by atoms with Gasteiger partial charge in [0.05, 0.1) is 18.2 Å². The van der Waals surface area contributed by atoms with Crippen LogP contribution in [-0.2, 0) is 13.0 Å². The first-order valence-corrected chi connectivity index (χ1v) is 10.5. The number of fused-ring (bicyclic) bond motifs is 3. The molecule has 1 aliphatic heterocycles. The van der Waals surface area contributed by atoms with E-state index in [2.05, 4.69) is 40.6 Å². The summed E-state index contributed by atoms with van der Waals surface area (Å²) in [5.74, 6) is 1.57. The number of methoxy groups -OCH3 is 1. The van der Waals surface area contributed by atoms with E-state index in [4.69, 9.17) is 21.1 Å². The molecule has 0 aliphatic carbocycles. The summed E-state index contributed by atoms with van der Waals surface area (Å²) < 4.78 is 11.4. The molecular weight excluding hydrogens is 396 g/mol. The van der Waals surface area contributed by atoms with Crippen molar-refractivity contribution in [3.63, 3.8) is 0 Å². The molecule has 5 heteroatoms. The van der Waals surface area contributed by atoms with Gasteiger partial charge < -0.3 is 19.8 Å². The molecular formula is C25H23ClN2O2. The lowest BCUT2D eigenvalue weighted by molar-refractivity contribution is 0.306. The first-order valence-electron chi connectivity index (χ1n) is 10.1. The van der Waals surface area contributed by atoms with E-state index in [0.717, 1.165) is 35.4 Å². The summed E-state index contributed by atoms with van der Waals surface area (Å²) in [5, 5.41) is 5.46. The number of nitrogens with one attached hydrogen (secondary N) is 2. The monoisotopic (exact) mass is 418 g/mol. The van der Waals surface area contributed by atoms with Gasteiger partial charge in [0.1, 0.15) is 18.1 Å². The number of H-pyrrole nitrogens is 1. The highest BCUT2D eigenvalue weighted by Crippen LogP contribution is 2.37. The van der Waals surface area contributed by atoms with E-state index in [1.165, 1.54) is 16.6 Å². The maximum Gasteiger partial charge on any atom is 0.137 e. The highest BCUT2D eigenvalue weighted by Gasteiger charge is 2.26. The number of aromatic amines is 1. The molecule has 1 aromatic heterocycles. The molecule has 4 aromatic rings. The highest BCUT2D eigenvalue weighted by molar-refractivity contribution is 6.32. The first-order chi connectivity index (χ1) is 14.7. The zero-order valence-corrected chi connectivity index (χ0v) is 17.5. The predicted octanol–water partition coefficient (Wildman–Crippen LogP) is 5.64. The second-order valence-corrected chi connectivity index (χ2v) is 7.94. The summed E-state index contributed by atoms with van der Waals surface area (Å²) in [7, 11) is 1.63. The minimum Gasteiger partial charge on any atom is -0.495 e. The van der Waals surface area contributed by atoms with Crippen molar-refractivity contribution in [2.45, 2.75) is 19.1 Å². The molecule has 152 valence electrons. The average Bonchev–Trinajstić information content (AvgIpc) is 3.16. The van der Waals surface area contributed by atoms with Crippen molar-refractivity contribution < 1.29 is 9.47 Å². The third-order valence-electron chi connectivity index (χ3n) is 5.68. The average molecular weight is 419 g/mol. The third kappa shape index (κ3) is 3.53. The first kappa shape index (κ1) is 19.0. The van der Waals surface area contributed by atoms with Gasteiger partial charge in [0, 0.05) is 23.1 Å². The predicted molar refractivity (Wildman–Crippen MR) is 121 cm³/mol. The quantitative estimate of drug-likeness (QED) is 0.440. The lowest BCUT2D eigenvalue weighted by Crippen LogP contribution is -2.30. The molecule has 30 heavy (non-hydrogen) atoms. The molecule has 4 nitrogen and oxygen atoms in total. The van der Waals surface area contributed by atoms with Crippen LogP contribution in [0.3, 0.4) is 0 Å². The fraction of sp³-hybridized carbons (Fsp3) is 0.200. The Morgan fingerprint density at radius 2 is 1.90 bits per heavy atom. The fourth-order valence-corrected chi connectivity index (χ4v) is 4.45. The molecule has 0 bridgehead atoms. The summed E-state index contributed by atoms with van der Waals surface area (Å²) in [6.45, 7) is 1.47. The van der Waals surface area contributed by atoms with Crippen molar-refractivity contribution in [1.29, 1.82) is 0 Å². The Kier molecular flexibility index (Phi) is 5.11. The molecule has 5 rings (SSSR count). The standard InChI is InChI=1S/C25H23ClN2O2/c1-29-23-10-7-17(13-21(23)26)24-25-19(11-12-27-24)20-14-18(8-9-22(20)28-25)30-15-16-5-3-2-4-6-16/h2-10,13-14,24,27-28H,11-12,15H2,1H3. The molecule has 1 aliphatic rings. The van der Waals surface area contributed by atoms with Crippen LogP contribution in [0.15, 0.2) is 66.7 Å². The lowest BCUT2D eigenvalue weighted by atomic mass is 9.94. The molecule has 2 N–H and O–H groups in total. The van der Waals surface area contributed by atoms with Gasteiger partial charge in [-0.1, -0.05) is 48.0 Å². The van der Waals surface area contributed by atoms with E-state index in [1.54, 1.807) is 7.11 Å². The van der Waals surface area contributed by atoms with Gasteiger partial charge in [0.2, 0.25) is 0 Å². The third-order valence-corrected chi connectivity index (χ3v) is 5.98. The Morgan fingerprint density at radius 1 is 1.03 bits per heavy atom. The van der Waals surface area contributed by atoms with Crippen LogP contribution in [0, 0.1) is 0 Å². The molecule has 3 aromatic carbocycles.